The normalized spacial score (nSPS) is 21.6. The molecule has 0 amide bonds. The quantitative estimate of drug-likeness (QED) is 0.846. The molecule has 2 atom stereocenters. The summed E-state index contributed by atoms with van der Waals surface area (Å²) in [4.78, 5) is 33.8. The molecule has 0 aliphatic carbocycles. The van der Waals surface area contributed by atoms with Crippen LogP contribution in [-0.2, 0) is 14.3 Å². The standard InChI is InChI=1S/C14H18N4O4/c1-8(2)14(20)21-5-9-3-4-10(22-9)18-7-17-11-12(18)15-6-16-13(11)19/h6-10H,3-5H2,1-2H3,(H,15,16,19)/t9-,10+/m0/s1. The van der Waals surface area contributed by atoms with Gasteiger partial charge in [0.1, 0.15) is 12.8 Å². The van der Waals surface area contributed by atoms with Crippen molar-refractivity contribution in [2.75, 3.05) is 6.61 Å². The van der Waals surface area contributed by atoms with Crippen LogP contribution in [0.4, 0.5) is 0 Å². The molecule has 0 radical (unpaired) electrons. The molecule has 3 rings (SSSR count). The third-order valence-corrected chi connectivity index (χ3v) is 3.64. The molecule has 0 bridgehead atoms. The highest BCUT2D eigenvalue weighted by Crippen LogP contribution is 2.30. The van der Waals surface area contributed by atoms with Gasteiger partial charge in [-0.1, -0.05) is 13.8 Å². The number of aromatic amines is 1. The fourth-order valence-corrected chi connectivity index (χ4v) is 2.43. The number of rotatable bonds is 4. The number of carbonyl (C=O) groups excluding carboxylic acids is 1. The molecule has 0 spiro atoms. The molecule has 0 saturated carbocycles. The monoisotopic (exact) mass is 306 g/mol. The minimum absolute atomic E-state index is 0.146. The number of aromatic nitrogens is 4. The Labute approximate surface area is 126 Å². The van der Waals surface area contributed by atoms with Crippen molar-refractivity contribution in [2.45, 2.75) is 39.0 Å². The molecule has 8 heteroatoms. The highest BCUT2D eigenvalue weighted by Gasteiger charge is 2.29. The first kappa shape index (κ1) is 14.7. The second kappa shape index (κ2) is 5.88. The van der Waals surface area contributed by atoms with Gasteiger partial charge in [0.15, 0.2) is 11.2 Å². The maximum Gasteiger partial charge on any atom is 0.308 e. The first-order chi connectivity index (χ1) is 10.6. The molecule has 2 aromatic heterocycles. The van der Waals surface area contributed by atoms with E-state index in [9.17, 15) is 9.59 Å². The van der Waals surface area contributed by atoms with E-state index in [1.54, 1.807) is 24.7 Å². The molecule has 0 aromatic carbocycles. The lowest BCUT2D eigenvalue weighted by atomic mass is 10.2. The van der Waals surface area contributed by atoms with Crippen LogP contribution in [-0.4, -0.2) is 38.2 Å². The third-order valence-electron chi connectivity index (χ3n) is 3.64. The maximum atomic E-state index is 11.6. The fraction of sp³-hybridized carbons (Fsp3) is 0.571. The number of carbonyl (C=O) groups is 1. The molecular formula is C14H18N4O4. The molecular weight excluding hydrogens is 288 g/mol. The van der Waals surface area contributed by atoms with Gasteiger partial charge >= 0.3 is 5.97 Å². The number of esters is 1. The molecule has 3 heterocycles. The molecule has 1 saturated heterocycles. The van der Waals surface area contributed by atoms with Crippen molar-refractivity contribution in [2.24, 2.45) is 5.92 Å². The van der Waals surface area contributed by atoms with Gasteiger partial charge < -0.3 is 14.5 Å². The average molecular weight is 306 g/mol. The average Bonchev–Trinajstić information content (AvgIpc) is 3.11. The SMILES string of the molecule is CC(C)C(=O)OC[C@@H]1CC[C@H](n2cnc3c(=O)[nH]cnc32)O1. The van der Waals surface area contributed by atoms with Crippen LogP contribution in [0.2, 0.25) is 0 Å². The summed E-state index contributed by atoms with van der Waals surface area (Å²) in [6, 6.07) is 0. The Morgan fingerprint density at radius 3 is 3.09 bits per heavy atom. The van der Waals surface area contributed by atoms with Crippen LogP contribution < -0.4 is 5.56 Å². The van der Waals surface area contributed by atoms with Crippen molar-refractivity contribution < 1.29 is 14.3 Å². The molecule has 118 valence electrons. The van der Waals surface area contributed by atoms with Crippen LogP contribution >= 0.6 is 0 Å². The minimum atomic E-state index is -0.274. The highest BCUT2D eigenvalue weighted by atomic mass is 16.6. The van der Waals surface area contributed by atoms with E-state index in [0.717, 1.165) is 12.8 Å². The van der Waals surface area contributed by atoms with Gasteiger partial charge in [-0.05, 0) is 12.8 Å². The first-order valence-electron chi connectivity index (χ1n) is 7.28. The zero-order valence-corrected chi connectivity index (χ0v) is 12.5. The van der Waals surface area contributed by atoms with Crippen molar-refractivity contribution >= 4 is 17.1 Å². The lowest BCUT2D eigenvalue weighted by molar-refractivity contribution is -0.152. The zero-order chi connectivity index (χ0) is 15.7. The smallest absolute Gasteiger partial charge is 0.308 e. The maximum absolute atomic E-state index is 11.6. The Morgan fingerprint density at radius 1 is 1.50 bits per heavy atom. The Balaban J connectivity index is 1.68. The van der Waals surface area contributed by atoms with Crippen molar-refractivity contribution in [3.05, 3.63) is 23.0 Å². The molecule has 1 aliphatic rings. The summed E-state index contributed by atoms with van der Waals surface area (Å²) in [5.41, 5.74) is 0.513. The molecule has 22 heavy (non-hydrogen) atoms. The molecule has 1 fully saturated rings. The zero-order valence-electron chi connectivity index (χ0n) is 12.5. The van der Waals surface area contributed by atoms with E-state index < -0.39 is 0 Å². The van der Waals surface area contributed by atoms with Gasteiger partial charge in [-0.25, -0.2) is 9.97 Å². The lowest BCUT2D eigenvalue weighted by Gasteiger charge is -2.15. The molecule has 1 aliphatic heterocycles. The van der Waals surface area contributed by atoms with Crippen LogP contribution in [0.1, 0.15) is 32.9 Å². The Bertz CT molecular complexity index is 736. The number of nitrogens with one attached hydrogen (secondary N) is 1. The first-order valence-corrected chi connectivity index (χ1v) is 7.28. The number of hydrogen-bond acceptors (Lipinski definition) is 6. The van der Waals surface area contributed by atoms with Gasteiger partial charge in [0.25, 0.3) is 5.56 Å². The lowest BCUT2D eigenvalue weighted by Crippen LogP contribution is -2.21. The number of hydrogen-bond donors (Lipinski definition) is 1. The Kier molecular flexibility index (Phi) is 3.93. The van der Waals surface area contributed by atoms with Crippen LogP contribution in [0.25, 0.3) is 11.2 Å². The number of fused-ring (bicyclic) bond motifs is 1. The van der Waals surface area contributed by atoms with Crippen molar-refractivity contribution in [3.8, 4) is 0 Å². The van der Waals surface area contributed by atoms with Crippen LogP contribution in [0.15, 0.2) is 17.4 Å². The van der Waals surface area contributed by atoms with Crippen molar-refractivity contribution in [1.29, 1.82) is 0 Å². The van der Waals surface area contributed by atoms with E-state index in [2.05, 4.69) is 15.0 Å². The third kappa shape index (κ3) is 2.74. The van der Waals surface area contributed by atoms with Crippen LogP contribution in [0.3, 0.4) is 0 Å². The van der Waals surface area contributed by atoms with Crippen LogP contribution in [0, 0.1) is 5.92 Å². The summed E-state index contributed by atoms with van der Waals surface area (Å²) in [5, 5.41) is 0. The van der Waals surface area contributed by atoms with Gasteiger partial charge in [0, 0.05) is 0 Å². The van der Waals surface area contributed by atoms with Crippen molar-refractivity contribution in [1.82, 2.24) is 19.5 Å². The Morgan fingerprint density at radius 2 is 2.32 bits per heavy atom. The van der Waals surface area contributed by atoms with Gasteiger partial charge in [0.2, 0.25) is 0 Å². The van der Waals surface area contributed by atoms with E-state index in [0.29, 0.717) is 11.2 Å². The second-order valence-electron chi connectivity index (χ2n) is 5.63. The summed E-state index contributed by atoms with van der Waals surface area (Å²) in [5.74, 6) is -0.376. The molecule has 0 unspecified atom stereocenters. The summed E-state index contributed by atoms with van der Waals surface area (Å²) in [6.07, 6.45) is 4.04. The van der Waals surface area contributed by atoms with Crippen molar-refractivity contribution in [3.63, 3.8) is 0 Å². The molecule has 1 N–H and O–H groups in total. The van der Waals surface area contributed by atoms with E-state index in [-0.39, 0.29) is 36.4 Å². The summed E-state index contributed by atoms with van der Waals surface area (Å²) in [6.45, 7) is 3.83. The summed E-state index contributed by atoms with van der Waals surface area (Å²) >= 11 is 0. The summed E-state index contributed by atoms with van der Waals surface area (Å²) < 4.78 is 12.8. The predicted octanol–water partition coefficient (Wildman–Crippen LogP) is 0.996. The van der Waals surface area contributed by atoms with Gasteiger partial charge in [-0.3, -0.25) is 14.2 Å². The molecule has 8 nitrogen and oxygen atoms in total. The topological polar surface area (TPSA) is 99.1 Å². The minimum Gasteiger partial charge on any atom is -0.463 e. The summed E-state index contributed by atoms with van der Waals surface area (Å²) in [7, 11) is 0. The van der Waals surface area contributed by atoms with Gasteiger partial charge in [-0.2, -0.15) is 0 Å². The second-order valence-corrected chi connectivity index (χ2v) is 5.63. The van der Waals surface area contributed by atoms with Gasteiger partial charge in [0.05, 0.1) is 24.7 Å². The Hall–Kier alpha value is -2.22. The number of ether oxygens (including phenoxy) is 2. The van der Waals surface area contributed by atoms with Crippen LogP contribution in [0.5, 0.6) is 0 Å². The molecule has 2 aromatic rings. The number of imidazole rings is 1. The predicted molar refractivity (Wildman–Crippen MR) is 77.1 cm³/mol. The largest absolute Gasteiger partial charge is 0.463 e. The van der Waals surface area contributed by atoms with E-state index >= 15 is 0 Å². The highest BCUT2D eigenvalue weighted by molar-refractivity contribution is 5.71. The van der Waals surface area contributed by atoms with E-state index in [1.165, 1.54) is 6.33 Å². The fourth-order valence-electron chi connectivity index (χ4n) is 2.43. The number of nitrogens with zero attached hydrogens (tertiary/aromatic N) is 3. The van der Waals surface area contributed by atoms with Gasteiger partial charge in [-0.15, -0.1) is 0 Å². The van der Waals surface area contributed by atoms with E-state index in [1.807, 2.05) is 0 Å². The van der Waals surface area contributed by atoms with E-state index in [4.69, 9.17) is 9.47 Å². The number of H-pyrrole nitrogens is 1.